The van der Waals surface area contributed by atoms with Crippen molar-refractivity contribution >= 4 is 9.04 Å². The Balaban J connectivity index is 4.23. The first kappa shape index (κ1) is 15.1. The van der Waals surface area contributed by atoms with Crippen LogP contribution in [-0.4, -0.2) is 22.4 Å². The minimum Gasteiger partial charge on any atom is -0.395 e. The summed E-state index contributed by atoms with van der Waals surface area (Å²) in [7, 11) is 0.580. The van der Waals surface area contributed by atoms with Gasteiger partial charge in [0.05, 0.1) is 0 Å². The number of rotatable bonds is 7. The molecule has 2 atom stereocenters. The highest BCUT2D eigenvalue weighted by atomic mass is 28.3. The number of methoxy groups -OCH3 is 1. The second kappa shape index (κ2) is 7.42. The maximum absolute atomic E-state index is 6.13. The fourth-order valence-electron chi connectivity index (χ4n) is 1.60. The zero-order valence-electron chi connectivity index (χ0n) is 11.3. The first-order valence-electron chi connectivity index (χ1n) is 6.13. The Labute approximate surface area is 97.1 Å². The number of hydrogen-bond donors (Lipinski definition) is 0. The molecule has 0 aromatic heterocycles. The van der Waals surface area contributed by atoms with Gasteiger partial charge >= 0.3 is 0 Å². The number of hydrogen-bond acceptors (Lipinski definition) is 2. The van der Waals surface area contributed by atoms with E-state index in [9.17, 15) is 0 Å². The van der Waals surface area contributed by atoms with Crippen molar-refractivity contribution in [2.75, 3.05) is 7.11 Å². The lowest BCUT2D eigenvalue weighted by atomic mass is 10.2. The van der Waals surface area contributed by atoms with Gasteiger partial charge in [-0.3, -0.25) is 0 Å². The smallest absolute Gasteiger partial charge is 0.185 e. The van der Waals surface area contributed by atoms with Gasteiger partial charge in [0.2, 0.25) is 0 Å². The van der Waals surface area contributed by atoms with Crippen LogP contribution in [0.25, 0.3) is 0 Å². The molecule has 0 aliphatic carbocycles. The molecule has 0 aromatic rings. The molecule has 3 heteroatoms. The van der Waals surface area contributed by atoms with Gasteiger partial charge < -0.3 is 9.16 Å². The first-order valence-corrected chi connectivity index (χ1v) is 8.00. The van der Waals surface area contributed by atoms with Crippen LogP contribution in [0.5, 0.6) is 0 Å². The summed E-state index contributed by atoms with van der Waals surface area (Å²) < 4.78 is 11.4. The standard InChI is InChI=1S/C12H28O2Si/c1-7-9-10-15(12(3,4)5)14-11(8-2)13-6/h11,15H,7-10H2,1-6H3. The van der Waals surface area contributed by atoms with Crippen LogP contribution in [0, 0.1) is 0 Å². The summed E-state index contributed by atoms with van der Waals surface area (Å²) in [5.74, 6) is 0. The van der Waals surface area contributed by atoms with E-state index in [-0.39, 0.29) is 6.29 Å². The Kier molecular flexibility index (Phi) is 7.48. The Hall–Kier alpha value is 0.137. The molecule has 0 radical (unpaired) electrons. The molecule has 0 rings (SSSR count). The van der Waals surface area contributed by atoms with Crippen molar-refractivity contribution in [1.29, 1.82) is 0 Å². The zero-order chi connectivity index (χ0) is 11.9. The second-order valence-corrected chi connectivity index (χ2v) is 8.77. The molecule has 0 spiro atoms. The summed E-state index contributed by atoms with van der Waals surface area (Å²) in [5.41, 5.74) is 0. The first-order chi connectivity index (χ1) is 6.95. The molecule has 0 N–H and O–H groups in total. The predicted molar refractivity (Wildman–Crippen MR) is 68.8 cm³/mol. The molecule has 0 amide bonds. The molecule has 0 aliphatic heterocycles. The van der Waals surface area contributed by atoms with Crippen molar-refractivity contribution in [1.82, 2.24) is 0 Å². The van der Waals surface area contributed by atoms with Crippen LogP contribution in [0.15, 0.2) is 0 Å². The van der Waals surface area contributed by atoms with Crippen molar-refractivity contribution in [3.63, 3.8) is 0 Å². The van der Waals surface area contributed by atoms with Crippen molar-refractivity contribution in [2.24, 2.45) is 0 Å². The van der Waals surface area contributed by atoms with E-state index in [1.807, 2.05) is 0 Å². The van der Waals surface area contributed by atoms with E-state index in [0.717, 1.165) is 6.42 Å². The molecule has 2 nitrogen and oxygen atoms in total. The third kappa shape index (κ3) is 6.33. The molecule has 0 aliphatic rings. The lowest BCUT2D eigenvalue weighted by molar-refractivity contribution is -0.0605. The fraction of sp³-hybridized carbons (Fsp3) is 1.00. The molecule has 92 valence electrons. The summed E-state index contributed by atoms with van der Waals surface area (Å²) >= 11 is 0. The third-order valence-corrected chi connectivity index (χ3v) is 6.19. The average Bonchev–Trinajstić information content (AvgIpc) is 2.16. The van der Waals surface area contributed by atoms with Crippen molar-refractivity contribution in [3.8, 4) is 0 Å². The second-order valence-electron chi connectivity index (χ2n) is 5.21. The van der Waals surface area contributed by atoms with Gasteiger partial charge in [-0.15, -0.1) is 0 Å². The molecule has 2 unspecified atom stereocenters. The Morgan fingerprint density at radius 2 is 1.80 bits per heavy atom. The van der Waals surface area contributed by atoms with E-state index in [0.29, 0.717) is 5.04 Å². The highest BCUT2D eigenvalue weighted by Crippen LogP contribution is 2.32. The average molecular weight is 232 g/mol. The number of ether oxygens (including phenoxy) is 1. The van der Waals surface area contributed by atoms with Crippen molar-refractivity contribution in [3.05, 3.63) is 0 Å². The maximum atomic E-state index is 6.13. The molecule has 0 heterocycles. The van der Waals surface area contributed by atoms with Crippen LogP contribution in [0.4, 0.5) is 0 Å². The van der Waals surface area contributed by atoms with Crippen LogP contribution in [0.1, 0.15) is 53.9 Å². The number of unbranched alkanes of at least 4 members (excludes halogenated alkanes) is 1. The van der Waals surface area contributed by atoms with Gasteiger partial charge in [-0.2, -0.15) is 0 Å². The SMILES string of the molecule is CCCC[SiH](OC(CC)OC)C(C)(C)C. The summed E-state index contributed by atoms with van der Waals surface area (Å²) in [6.07, 6.45) is 3.50. The Morgan fingerprint density at radius 1 is 1.20 bits per heavy atom. The van der Waals surface area contributed by atoms with Gasteiger partial charge in [-0.25, -0.2) is 0 Å². The minimum absolute atomic E-state index is 0.0118. The van der Waals surface area contributed by atoms with Gasteiger partial charge in [0.15, 0.2) is 9.04 Å². The van der Waals surface area contributed by atoms with Crippen LogP contribution < -0.4 is 0 Å². The van der Waals surface area contributed by atoms with Gasteiger partial charge in [0.25, 0.3) is 0 Å². The van der Waals surface area contributed by atoms with E-state index in [4.69, 9.17) is 9.16 Å². The van der Waals surface area contributed by atoms with Gasteiger partial charge in [0.1, 0.15) is 6.29 Å². The van der Waals surface area contributed by atoms with Crippen molar-refractivity contribution < 1.29 is 9.16 Å². The third-order valence-electron chi connectivity index (χ3n) is 2.70. The maximum Gasteiger partial charge on any atom is 0.185 e. The molecule has 0 saturated carbocycles. The monoisotopic (exact) mass is 232 g/mol. The zero-order valence-corrected chi connectivity index (χ0v) is 12.5. The fourth-order valence-corrected chi connectivity index (χ4v) is 4.46. The quantitative estimate of drug-likeness (QED) is 0.492. The normalized spacial score (nSPS) is 16.4. The summed E-state index contributed by atoms with van der Waals surface area (Å²) in [6, 6.07) is 1.26. The van der Waals surface area contributed by atoms with E-state index in [1.165, 1.54) is 18.9 Å². The molecular weight excluding hydrogens is 204 g/mol. The van der Waals surface area contributed by atoms with Gasteiger partial charge in [-0.1, -0.05) is 47.5 Å². The van der Waals surface area contributed by atoms with Crippen LogP contribution in [0.2, 0.25) is 11.1 Å². The minimum atomic E-state index is -1.16. The predicted octanol–water partition coefficient (Wildman–Crippen LogP) is 3.71. The highest BCUT2D eigenvalue weighted by molar-refractivity contribution is 6.55. The lowest BCUT2D eigenvalue weighted by Gasteiger charge is -2.32. The topological polar surface area (TPSA) is 18.5 Å². The van der Waals surface area contributed by atoms with Crippen LogP contribution >= 0.6 is 0 Å². The Bertz CT molecular complexity index is 150. The van der Waals surface area contributed by atoms with E-state index in [1.54, 1.807) is 7.11 Å². The largest absolute Gasteiger partial charge is 0.395 e. The van der Waals surface area contributed by atoms with E-state index >= 15 is 0 Å². The van der Waals surface area contributed by atoms with Gasteiger partial charge in [0, 0.05) is 7.11 Å². The molecule has 0 fully saturated rings. The van der Waals surface area contributed by atoms with Crippen molar-refractivity contribution in [2.45, 2.75) is 71.3 Å². The van der Waals surface area contributed by atoms with Crippen LogP contribution in [-0.2, 0) is 9.16 Å². The summed E-state index contributed by atoms with van der Waals surface area (Å²) in [4.78, 5) is 0. The highest BCUT2D eigenvalue weighted by Gasteiger charge is 2.29. The lowest BCUT2D eigenvalue weighted by Crippen LogP contribution is -2.34. The van der Waals surface area contributed by atoms with Gasteiger partial charge in [-0.05, 0) is 17.5 Å². The molecular formula is C12H28O2Si. The molecule has 15 heavy (non-hydrogen) atoms. The molecule has 0 aromatic carbocycles. The summed E-state index contributed by atoms with van der Waals surface area (Å²) in [6.45, 7) is 11.2. The van der Waals surface area contributed by atoms with E-state index < -0.39 is 9.04 Å². The van der Waals surface area contributed by atoms with E-state index in [2.05, 4.69) is 34.6 Å². The molecule has 0 saturated heterocycles. The summed E-state index contributed by atoms with van der Waals surface area (Å²) in [5, 5.41) is 0.334. The van der Waals surface area contributed by atoms with Crippen LogP contribution in [0.3, 0.4) is 0 Å². The molecule has 0 bridgehead atoms. The Morgan fingerprint density at radius 3 is 2.13 bits per heavy atom.